The van der Waals surface area contributed by atoms with Gasteiger partial charge < -0.3 is 14.6 Å². The maximum Gasteiger partial charge on any atom is 0.578 e. The van der Waals surface area contributed by atoms with Gasteiger partial charge in [0.05, 0.1) is 25.0 Å². The first-order valence-electron chi connectivity index (χ1n) is 10.0. The molecule has 1 N–H and O–H groups in total. The number of nitrogens with one attached hydrogen (secondary N) is 1. The van der Waals surface area contributed by atoms with Crippen molar-refractivity contribution in [2.75, 3.05) is 43.9 Å². The molecule has 2 atom stereocenters. The molecular weight excluding hydrogens is 481 g/mol. The van der Waals surface area contributed by atoms with E-state index in [1.54, 1.807) is 11.8 Å². The van der Waals surface area contributed by atoms with E-state index in [0.29, 0.717) is 25.4 Å². The zero-order valence-electron chi connectivity index (χ0n) is 17.2. The fourth-order valence-corrected chi connectivity index (χ4v) is 5.41. The molecule has 0 spiro atoms. The number of halogens is 3. The number of anilines is 1. The molecule has 1 fully saturated rings. The number of hydrogen-bond acceptors (Lipinski definition) is 6. The van der Waals surface area contributed by atoms with E-state index in [1.807, 2.05) is 30.3 Å². The Labute approximate surface area is 196 Å². The number of ether oxygens (including phenoxy) is 1. The lowest BCUT2D eigenvalue weighted by Gasteiger charge is -2.29. The van der Waals surface area contributed by atoms with Crippen molar-refractivity contribution in [2.24, 2.45) is 0 Å². The van der Waals surface area contributed by atoms with Gasteiger partial charge in [0.25, 0.3) is 4.90 Å². The fraction of sp³-hybridized carbons (Fsp3) is 0.429. The topological polar surface area (TPSA) is 64.6 Å². The van der Waals surface area contributed by atoms with Crippen molar-refractivity contribution in [3.8, 4) is 0 Å². The minimum Gasteiger partial charge on any atom is -0.604 e. The minimum absolute atomic E-state index is 0.0730. The van der Waals surface area contributed by atoms with Crippen molar-refractivity contribution in [3.63, 3.8) is 0 Å². The molecule has 2 aromatic carbocycles. The molecule has 5 nitrogen and oxygen atoms in total. The van der Waals surface area contributed by atoms with Crippen molar-refractivity contribution in [1.29, 1.82) is 0 Å². The summed E-state index contributed by atoms with van der Waals surface area (Å²) >= 11 is -1.56. The molecule has 0 aromatic heterocycles. The van der Waals surface area contributed by atoms with Crippen LogP contribution >= 0.6 is 11.8 Å². The van der Waals surface area contributed by atoms with Crippen molar-refractivity contribution in [1.82, 2.24) is 4.90 Å². The van der Waals surface area contributed by atoms with Crippen LogP contribution in [0.2, 0.25) is 0 Å². The Morgan fingerprint density at radius 3 is 2.56 bits per heavy atom. The van der Waals surface area contributed by atoms with Crippen molar-refractivity contribution < 1.29 is 26.7 Å². The molecule has 0 bridgehead atoms. The second kappa shape index (κ2) is 12.2. The lowest BCUT2D eigenvalue weighted by Crippen LogP contribution is -2.39. The van der Waals surface area contributed by atoms with Crippen molar-refractivity contribution in [3.05, 3.63) is 48.5 Å². The first-order chi connectivity index (χ1) is 15.4. The number of nitrogens with zero attached hydrogens (tertiary/aromatic N) is 1. The van der Waals surface area contributed by atoms with Crippen LogP contribution in [0, 0.1) is 0 Å². The van der Waals surface area contributed by atoms with Gasteiger partial charge in [-0.1, -0.05) is 18.2 Å². The fourth-order valence-electron chi connectivity index (χ4n) is 3.25. The standard InChI is InChI=1S/C21H24F3N2O3S3/c22-21(23,24)32(28)20-14-18(31-27)6-7-19(20)25-16(8-9-26-10-12-29-13-11-26)15-30-17-4-2-1-3-5-17/h1-7,14,16,25H,8-13,15H2/q+1/t16-,32?/m0/s1. The van der Waals surface area contributed by atoms with E-state index in [4.69, 9.17) is 4.74 Å². The highest BCUT2D eigenvalue weighted by Gasteiger charge is 2.48. The SMILES string of the molecule is O=[S+]c1ccc(N[C@@H](CCN2CCOCC2)CSc2ccccc2)c([S+]([O-])C(F)(F)F)c1. The highest BCUT2D eigenvalue weighted by molar-refractivity contribution is 7.99. The third-order valence-electron chi connectivity index (χ3n) is 4.91. The molecule has 3 rings (SSSR count). The summed E-state index contributed by atoms with van der Waals surface area (Å²) in [6.07, 6.45) is 0.690. The van der Waals surface area contributed by atoms with Gasteiger partial charge in [-0.2, -0.15) is 0 Å². The van der Waals surface area contributed by atoms with Gasteiger partial charge in [-0.3, -0.25) is 4.90 Å². The minimum atomic E-state index is -4.91. The summed E-state index contributed by atoms with van der Waals surface area (Å²) in [7, 11) is 0. The summed E-state index contributed by atoms with van der Waals surface area (Å²) in [5, 5.41) is 3.18. The summed E-state index contributed by atoms with van der Waals surface area (Å²) in [5.41, 5.74) is -4.77. The van der Waals surface area contributed by atoms with Crippen LogP contribution in [0.15, 0.2) is 63.2 Å². The van der Waals surface area contributed by atoms with Gasteiger partial charge in [0.2, 0.25) is 0 Å². The van der Waals surface area contributed by atoms with E-state index in [-0.39, 0.29) is 28.3 Å². The quantitative estimate of drug-likeness (QED) is 0.382. The van der Waals surface area contributed by atoms with E-state index in [1.165, 1.54) is 12.1 Å². The van der Waals surface area contributed by atoms with Gasteiger partial charge in [0, 0.05) is 46.6 Å². The molecule has 2 aromatic rings. The van der Waals surface area contributed by atoms with Crippen LogP contribution in [0.4, 0.5) is 18.9 Å². The van der Waals surface area contributed by atoms with Gasteiger partial charge in [0.15, 0.2) is 4.90 Å². The van der Waals surface area contributed by atoms with E-state index >= 15 is 0 Å². The predicted molar refractivity (Wildman–Crippen MR) is 122 cm³/mol. The average Bonchev–Trinajstić information content (AvgIpc) is 2.81. The Bertz CT molecular complexity index is 868. The molecule has 0 radical (unpaired) electrons. The average molecular weight is 506 g/mol. The van der Waals surface area contributed by atoms with Crippen LogP contribution in [0.3, 0.4) is 0 Å². The zero-order valence-corrected chi connectivity index (χ0v) is 19.6. The number of morpholine rings is 1. The highest BCUT2D eigenvalue weighted by atomic mass is 32.2. The molecule has 32 heavy (non-hydrogen) atoms. The normalized spacial score (nSPS) is 17.0. The number of thioether (sulfide) groups is 1. The summed E-state index contributed by atoms with van der Waals surface area (Å²) in [6, 6.07) is 13.5. The van der Waals surface area contributed by atoms with E-state index in [9.17, 15) is 21.9 Å². The van der Waals surface area contributed by atoms with Gasteiger partial charge >= 0.3 is 17.2 Å². The number of rotatable bonds is 10. The number of alkyl halides is 3. The Morgan fingerprint density at radius 2 is 1.91 bits per heavy atom. The first-order valence-corrected chi connectivity index (χ1v) is 12.9. The van der Waals surface area contributed by atoms with Crippen LogP contribution in [0.1, 0.15) is 6.42 Å². The smallest absolute Gasteiger partial charge is 0.578 e. The molecular formula is C21H24F3N2O3S3+. The number of hydrogen-bond donors (Lipinski definition) is 1. The Morgan fingerprint density at radius 1 is 1.19 bits per heavy atom. The Hall–Kier alpha value is -1.37. The van der Waals surface area contributed by atoms with Crippen LogP contribution in [0.25, 0.3) is 0 Å². The third kappa shape index (κ3) is 7.60. The summed E-state index contributed by atoms with van der Waals surface area (Å²) < 4.78 is 68.3. The molecule has 11 heteroatoms. The van der Waals surface area contributed by atoms with Gasteiger partial charge in [-0.25, -0.2) is 0 Å². The highest BCUT2D eigenvalue weighted by Crippen LogP contribution is 2.36. The molecule has 1 aliphatic rings. The maximum atomic E-state index is 13.2. The molecule has 0 aliphatic carbocycles. The van der Waals surface area contributed by atoms with Crippen LogP contribution in [-0.2, 0) is 31.8 Å². The molecule has 1 aliphatic heterocycles. The lowest BCUT2D eigenvalue weighted by molar-refractivity contribution is -0.0435. The molecule has 174 valence electrons. The van der Waals surface area contributed by atoms with E-state index in [0.717, 1.165) is 30.6 Å². The van der Waals surface area contributed by atoms with Gasteiger partial charge in [-0.15, -0.1) is 24.9 Å². The van der Waals surface area contributed by atoms with Gasteiger partial charge in [-0.05, 0) is 24.6 Å². The molecule has 0 amide bonds. The second-order valence-corrected chi connectivity index (χ2v) is 10.3. The lowest BCUT2D eigenvalue weighted by atomic mass is 10.2. The first kappa shape index (κ1) is 25.3. The van der Waals surface area contributed by atoms with Crippen LogP contribution < -0.4 is 5.32 Å². The largest absolute Gasteiger partial charge is 0.604 e. The molecule has 1 heterocycles. The summed E-state index contributed by atoms with van der Waals surface area (Å²) in [4.78, 5) is 2.99. The molecule has 1 saturated heterocycles. The maximum absolute atomic E-state index is 13.2. The number of benzene rings is 2. The monoisotopic (exact) mass is 505 g/mol. The van der Waals surface area contributed by atoms with E-state index < -0.39 is 21.6 Å². The zero-order chi connectivity index (χ0) is 23.0. The van der Waals surface area contributed by atoms with Crippen molar-refractivity contribution in [2.45, 2.75) is 32.7 Å². The van der Waals surface area contributed by atoms with Crippen molar-refractivity contribution >= 4 is 40.3 Å². The summed E-state index contributed by atoms with van der Waals surface area (Å²) in [6.45, 7) is 3.73. The second-order valence-electron chi connectivity index (χ2n) is 7.16. The van der Waals surface area contributed by atoms with E-state index in [2.05, 4.69) is 10.2 Å². The Kier molecular flexibility index (Phi) is 9.62. The Balaban J connectivity index is 1.77. The molecule has 0 saturated carbocycles. The van der Waals surface area contributed by atoms with Gasteiger partial charge in [0.1, 0.15) is 11.2 Å². The molecule has 1 unspecified atom stereocenters. The van der Waals surface area contributed by atoms with Crippen LogP contribution in [0.5, 0.6) is 0 Å². The summed E-state index contributed by atoms with van der Waals surface area (Å²) in [5.74, 6) is 0.616. The third-order valence-corrected chi connectivity index (χ3v) is 7.69. The van der Waals surface area contributed by atoms with Crippen LogP contribution in [-0.4, -0.2) is 59.6 Å². The predicted octanol–water partition coefficient (Wildman–Crippen LogP) is 4.40.